The van der Waals surface area contributed by atoms with E-state index in [0.29, 0.717) is 5.88 Å². The van der Waals surface area contributed by atoms with Crippen molar-refractivity contribution in [2.24, 2.45) is 5.92 Å². The lowest BCUT2D eigenvalue weighted by Gasteiger charge is -2.08. The summed E-state index contributed by atoms with van der Waals surface area (Å²) in [5.41, 5.74) is 0. The van der Waals surface area contributed by atoms with Gasteiger partial charge in [-0.15, -0.1) is 11.6 Å². The first-order chi connectivity index (χ1) is 6.02. The van der Waals surface area contributed by atoms with Crippen LogP contribution in [0.25, 0.3) is 0 Å². The van der Waals surface area contributed by atoms with E-state index in [2.05, 4.69) is 4.72 Å². The molecule has 76 valence electrons. The fourth-order valence-corrected chi connectivity index (χ4v) is 2.38. The number of sulfonamides is 1. The summed E-state index contributed by atoms with van der Waals surface area (Å²) in [6.45, 7) is 1.93. The molecule has 13 heavy (non-hydrogen) atoms. The molecule has 0 aromatic rings. The van der Waals surface area contributed by atoms with Gasteiger partial charge in [0.2, 0.25) is 10.0 Å². The number of halogens is 1. The van der Waals surface area contributed by atoms with E-state index < -0.39 is 10.0 Å². The first kappa shape index (κ1) is 12.7. The lowest BCUT2D eigenvalue weighted by atomic mass is 10.3. The summed E-state index contributed by atoms with van der Waals surface area (Å²) in [6, 6.07) is 1.85. The van der Waals surface area contributed by atoms with Gasteiger partial charge in [-0.25, -0.2) is 13.1 Å². The first-order valence-corrected chi connectivity index (χ1v) is 6.10. The molecular formula is C7H13ClN2O2S. The second kappa shape index (κ2) is 6.19. The molecule has 0 aromatic carbocycles. The molecule has 0 aliphatic carbocycles. The maximum atomic E-state index is 11.2. The number of nitrogens with zero attached hydrogens (tertiary/aromatic N) is 1. The molecule has 0 saturated carbocycles. The van der Waals surface area contributed by atoms with Gasteiger partial charge in [0.1, 0.15) is 0 Å². The number of nitriles is 1. The van der Waals surface area contributed by atoms with Crippen LogP contribution in [0.2, 0.25) is 0 Å². The van der Waals surface area contributed by atoms with E-state index in [1.807, 2.05) is 6.07 Å². The summed E-state index contributed by atoms with van der Waals surface area (Å²) in [5.74, 6) is 0.266. The van der Waals surface area contributed by atoms with Crippen molar-refractivity contribution in [2.45, 2.75) is 13.3 Å². The van der Waals surface area contributed by atoms with Crippen molar-refractivity contribution in [3.8, 4) is 6.07 Å². The molecule has 0 aliphatic rings. The molecule has 6 heteroatoms. The summed E-state index contributed by atoms with van der Waals surface area (Å²) >= 11 is 5.47. The first-order valence-electron chi connectivity index (χ1n) is 3.92. The SMILES string of the molecule is CC(CCl)CS(=O)(=O)NCCC#N. The van der Waals surface area contributed by atoms with Crippen LogP contribution >= 0.6 is 11.6 Å². The van der Waals surface area contributed by atoms with Crippen molar-refractivity contribution in [2.75, 3.05) is 18.2 Å². The molecule has 0 bridgehead atoms. The molecule has 0 rings (SSSR count). The van der Waals surface area contributed by atoms with Gasteiger partial charge in [-0.3, -0.25) is 0 Å². The van der Waals surface area contributed by atoms with Gasteiger partial charge in [-0.1, -0.05) is 6.92 Å². The Morgan fingerprint density at radius 2 is 2.23 bits per heavy atom. The number of alkyl halides is 1. The lowest BCUT2D eigenvalue weighted by Crippen LogP contribution is -2.30. The van der Waals surface area contributed by atoms with E-state index in [1.165, 1.54) is 0 Å². The molecule has 0 aromatic heterocycles. The van der Waals surface area contributed by atoms with Gasteiger partial charge in [0.05, 0.1) is 11.8 Å². The van der Waals surface area contributed by atoms with Gasteiger partial charge in [0.25, 0.3) is 0 Å². The Bertz CT molecular complexity index is 271. The van der Waals surface area contributed by atoms with Gasteiger partial charge in [-0.05, 0) is 5.92 Å². The quantitative estimate of drug-likeness (QED) is 0.533. The minimum Gasteiger partial charge on any atom is -0.214 e. The molecule has 1 atom stereocenters. The van der Waals surface area contributed by atoms with E-state index in [1.54, 1.807) is 6.92 Å². The maximum absolute atomic E-state index is 11.2. The second-order valence-corrected chi connectivity index (χ2v) is 5.00. The molecule has 4 nitrogen and oxygen atoms in total. The normalized spacial score (nSPS) is 13.6. The molecular weight excluding hydrogens is 212 g/mol. The molecule has 1 N–H and O–H groups in total. The van der Waals surface area contributed by atoms with Crippen molar-refractivity contribution in [3.05, 3.63) is 0 Å². The summed E-state index contributed by atoms with van der Waals surface area (Å²) in [6.07, 6.45) is 0.189. The Morgan fingerprint density at radius 3 is 2.69 bits per heavy atom. The van der Waals surface area contributed by atoms with Crippen molar-refractivity contribution in [1.29, 1.82) is 5.26 Å². The number of rotatable bonds is 6. The predicted molar refractivity (Wildman–Crippen MR) is 51.9 cm³/mol. The third-order valence-corrected chi connectivity index (χ3v) is 3.50. The molecule has 0 spiro atoms. The molecule has 0 heterocycles. The van der Waals surface area contributed by atoms with Crippen LogP contribution in [0.3, 0.4) is 0 Å². The van der Waals surface area contributed by atoms with Gasteiger partial charge < -0.3 is 0 Å². The van der Waals surface area contributed by atoms with Crippen LogP contribution in [0, 0.1) is 17.2 Å². The Hall–Kier alpha value is -0.310. The van der Waals surface area contributed by atoms with E-state index in [0.717, 1.165) is 0 Å². The second-order valence-electron chi connectivity index (χ2n) is 2.84. The molecule has 0 aliphatic heterocycles. The maximum Gasteiger partial charge on any atom is 0.211 e. The fourth-order valence-electron chi connectivity index (χ4n) is 0.740. The van der Waals surface area contributed by atoms with Crippen molar-refractivity contribution >= 4 is 21.6 Å². The van der Waals surface area contributed by atoms with E-state index >= 15 is 0 Å². The smallest absolute Gasteiger partial charge is 0.211 e. The third kappa shape index (κ3) is 6.82. The Kier molecular flexibility index (Phi) is 6.04. The zero-order chi connectivity index (χ0) is 10.3. The van der Waals surface area contributed by atoms with Crippen molar-refractivity contribution < 1.29 is 8.42 Å². The van der Waals surface area contributed by atoms with Crippen LogP contribution < -0.4 is 4.72 Å². The average Bonchev–Trinajstić information content (AvgIpc) is 2.03. The van der Waals surface area contributed by atoms with Crippen LogP contribution in [0.1, 0.15) is 13.3 Å². The van der Waals surface area contributed by atoms with Gasteiger partial charge in [-0.2, -0.15) is 5.26 Å². The molecule has 0 saturated heterocycles. The van der Waals surface area contributed by atoms with Crippen molar-refractivity contribution in [3.63, 3.8) is 0 Å². The number of nitrogens with one attached hydrogen (secondary N) is 1. The lowest BCUT2D eigenvalue weighted by molar-refractivity contribution is 0.569. The molecule has 0 fully saturated rings. The van der Waals surface area contributed by atoms with Gasteiger partial charge in [0, 0.05) is 18.8 Å². The van der Waals surface area contributed by atoms with Gasteiger partial charge >= 0.3 is 0 Å². The summed E-state index contributed by atoms with van der Waals surface area (Å²) in [5, 5.41) is 8.19. The summed E-state index contributed by atoms with van der Waals surface area (Å²) in [7, 11) is -3.25. The Balaban J connectivity index is 3.89. The highest BCUT2D eigenvalue weighted by Crippen LogP contribution is 2.01. The number of hydrogen-bond acceptors (Lipinski definition) is 3. The monoisotopic (exact) mass is 224 g/mol. The van der Waals surface area contributed by atoms with E-state index in [9.17, 15) is 8.42 Å². The standard InChI is InChI=1S/C7H13ClN2O2S/c1-7(5-8)6-13(11,12)10-4-2-3-9/h7,10H,2,4-6H2,1H3. The third-order valence-electron chi connectivity index (χ3n) is 1.33. The topological polar surface area (TPSA) is 70.0 Å². The predicted octanol–water partition coefficient (Wildman–Crippen LogP) is 0.694. The van der Waals surface area contributed by atoms with Crippen LogP contribution in [0.15, 0.2) is 0 Å². The summed E-state index contributed by atoms with van der Waals surface area (Å²) in [4.78, 5) is 0. The minimum atomic E-state index is -3.25. The van der Waals surface area contributed by atoms with Crippen LogP contribution in [-0.2, 0) is 10.0 Å². The zero-order valence-corrected chi connectivity index (χ0v) is 9.03. The highest BCUT2D eigenvalue weighted by atomic mass is 35.5. The highest BCUT2D eigenvalue weighted by molar-refractivity contribution is 7.89. The Labute approximate surface area is 83.9 Å². The molecule has 1 unspecified atom stereocenters. The zero-order valence-electron chi connectivity index (χ0n) is 7.46. The average molecular weight is 225 g/mol. The highest BCUT2D eigenvalue weighted by Gasteiger charge is 2.13. The Morgan fingerprint density at radius 1 is 1.62 bits per heavy atom. The minimum absolute atomic E-state index is 0.0158. The van der Waals surface area contributed by atoms with Crippen LogP contribution in [-0.4, -0.2) is 26.6 Å². The van der Waals surface area contributed by atoms with Gasteiger partial charge in [0.15, 0.2) is 0 Å². The largest absolute Gasteiger partial charge is 0.214 e. The summed E-state index contributed by atoms with van der Waals surface area (Å²) < 4.78 is 24.7. The van der Waals surface area contributed by atoms with Crippen LogP contribution in [0.5, 0.6) is 0 Å². The van der Waals surface area contributed by atoms with Crippen LogP contribution in [0.4, 0.5) is 0 Å². The van der Waals surface area contributed by atoms with Crippen molar-refractivity contribution in [1.82, 2.24) is 4.72 Å². The van der Waals surface area contributed by atoms with E-state index in [4.69, 9.17) is 16.9 Å². The molecule has 0 amide bonds. The fraction of sp³-hybridized carbons (Fsp3) is 0.857. The number of hydrogen-bond donors (Lipinski definition) is 1. The van der Waals surface area contributed by atoms with E-state index in [-0.39, 0.29) is 24.6 Å². The molecule has 0 radical (unpaired) electrons.